The maximum absolute atomic E-state index is 11.1. The lowest BCUT2D eigenvalue weighted by atomic mass is 10.4. The first-order valence-corrected chi connectivity index (χ1v) is 3.27. The topological polar surface area (TPSA) is 44.0 Å². The Morgan fingerprint density at radius 1 is 1.18 bits per heavy atom. The molecule has 0 aliphatic heterocycles. The molecular weight excluding hydrogens is 144 g/mol. The maximum Gasteiger partial charge on any atom is 0.330 e. The highest BCUT2D eigenvalue weighted by atomic mass is 16.2. The van der Waals surface area contributed by atoms with Gasteiger partial charge in [-0.1, -0.05) is 0 Å². The molecular formula is C7H10N2O2. The minimum atomic E-state index is -0.282. The zero-order chi connectivity index (χ0) is 8.59. The molecule has 4 heteroatoms. The van der Waals surface area contributed by atoms with Crippen LogP contribution in [-0.4, -0.2) is 9.13 Å². The minimum Gasteiger partial charge on any atom is -0.301 e. The quantitative estimate of drug-likeness (QED) is 0.500. The molecule has 4 nitrogen and oxygen atoms in total. The van der Waals surface area contributed by atoms with Gasteiger partial charge in [-0.15, -0.1) is 0 Å². The van der Waals surface area contributed by atoms with E-state index in [1.54, 1.807) is 14.0 Å². The first-order valence-electron chi connectivity index (χ1n) is 3.27. The molecule has 0 radical (unpaired) electrons. The van der Waals surface area contributed by atoms with Crippen LogP contribution in [0, 0.1) is 6.92 Å². The highest BCUT2D eigenvalue weighted by Gasteiger charge is 1.99. The molecule has 0 aliphatic rings. The van der Waals surface area contributed by atoms with Crippen molar-refractivity contribution in [2.45, 2.75) is 6.92 Å². The van der Waals surface area contributed by atoms with Crippen LogP contribution in [0.4, 0.5) is 0 Å². The highest BCUT2D eigenvalue weighted by Crippen LogP contribution is 1.82. The summed E-state index contributed by atoms with van der Waals surface area (Å²) in [6.07, 6.45) is 0. The van der Waals surface area contributed by atoms with Crippen molar-refractivity contribution in [3.8, 4) is 0 Å². The van der Waals surface area contributed by atoms with E-state index in [1.165, 1.54) is 17.7 Å². The Morgan fingerprint density at radius 3 is 2.27 bits per heavy atom. The predicted molar refractivity (Wildman–Crippen MR) is 41.7 cm³/mol. The average molecular weight is 154 g/mol. The molecule has 0 aromatic carbocycles. The van der Waals surface area contributed by atoms with Crippen molar-refractivity contribution in [1.29, 1.82) is 0 Å². The summed E-state index contributed by atoms with van der Waals surface area (Å²) in [6, 6.07) is 1.43. The summed E-state index contributed by atoms with van der Waals surface area (Å²) in [7, 11) is 3.10. The zero-order valence-corrected chi connectivity index (χ0v) is 6.79. The molecule has 1 rings (SSSR count). The average Bonchev–Trinajstić information content (AvgIpc) is 1.97. The molecule has 0 fully saturated rings. The van der Waals surface area contributed by atoms with Crippen LogP contribution in [0.25, 0.3) is 0 Å². The van der Waals surface area contributed by atoms with Gasteiger partial charge in [0.1, 0.15) is 0 Å². The molecule has 0 amide bonds. The van der Waals surface area contributed by atoms with Crippen LogP contribution in [0.3, 0.4) is 0 Å². The lowest BCUT2D eigenvalue weighted by Gasteiger charge is -2.03. The Labute approximate surface area is 63.7 Å². The van der Waals surface area contributed by atoms with Gasteiger partial charge >= 0.3 is 5.69 Å². The molecule has 0 aliphatic carbocycles. The largest absolute Gasteiger partial charge is 0.330 e. The van der Waals surface area contributed by atoms with E-state index in [1.807, 2.05) is 0 Å². The van der Waals surface area contributed by atoms with Crippen LogP contribution in [0.1, 0.15) is 5.69 Å². The van der Waals surface area contributed by atoms with Crippen molar-refractivity contribution in [3.05, 3.63) is 32.6 Å². The fourth-order valence-electron chi connectivity index (χ4n) is 0.842. The van der Waals surface area contributed by atoms with Crippen LogP contribution in [0.2, 0.25) is 0 Å². The van der Waals surface area contributed by atoms with Gasteiger partial charge in [0.05, 0.1) is 0 Å². The normalized spacial score (nSPS) is 10.1. The van der Waals surface area contributed by atoms with E-state index in [0.29, 0.717) is 5.69 Å². The summed E-state index contributed by atoms with van der Waals surface area (Å²) in [5.41, 5.74) is 0.138. The van der Waals surface area contributed by atoms with Gasteiger partial charge < -0.3 is 4.57 Å². The molecule has 0 saturated carbocycles. The molecule has 11 heavy (non-hydrogen) atoms. The monoisotopic (exact) mass is 154 g/mol. The van der Waals surface area contributed by atoms with Crippen LogP contribution < -0.4 is 11.2 Å². The second-order valence-corrected chi connectivity index (χ2v) is 2.52. The Kier molecular flexibility index (Phi) is 1.68. The second kappa shape index (κ2) is 2.38. The predicted octanol–water partition coefficient (Wildman–Crippen LogP) is -0.608. The number of aryl methyl sites for hydroxylation is 1. The van der Waals surface area contributed by atoms with Gasteiger partial charge in [0.2, 0.25) is 0 Å². The van der Waals surface area contributed by atoms with Crippen molar-refractivity contribution in [2.75, 3.05) is 0 Å². The highest BCUT2D eigenvalue weighted by molar-refractivity contribution is 4.98. The summed E-state index contributed by atoms with van der Waals surface area (Å²) >= 11 is 0. The van der Waals surface area contributed by atoms with E-state index in [-0.39, 0.29) is 11.2 Å². The van der Waals surface area contributed by atoms with E-state index in [4.69, 9.17) is 0 Å². The van der Waals surface area contributed by atoms with E-state index in [9.17, 15) is 9.59 Å². The smallest absolute Gasteiger partial charge is 0.301 e. The lowest BCUT2D eigenvalue weighted by molar-refractivity contribution is 0.667. The van der Waals surface area contributed by atoms with Crippen molar-refractivity contribution < 1.29 is 0 Å². The third-order valence-corrected chi connectivity index (χ3v) is 1.77. The zero-order valence-electron chi connectivity index (χ0n) is 6.79. The molecule has 1 heterocycles. The molecule has 0 bridgehead atoms. The molecule has 0 spiro atoms. The lowest BCUT2D eigenvalue weighted by Crippen LogP contribution is -2.37. The van der Waals surface area contributed by atoms with Crippen molar-refractivity contribution in [3.63, 3.8) is 0 Å². The van der Waals surface area contributed by atoms with Crippen LogP contribution in [-0.2, 0) is 14.1 Å². The standard InChI is InChI=1S/C7H10N2O2/c1-5-4-6(10)9(3)7(11)8(5)2/h4H,1-3H3. The van der Waals surface area contributed by atoms with E-state index >= 15 is 0 Å². The SMILES string of the molecule is Cc1cc(=O)n(C)c(=O)n1C. The fourth-order valence-corrected chi connectivity index (χ4v) is 0.842. The Hall–Kier alpha value is -1.32. The van der Waals surface area contributed by atoms with E-state index in [2.05, 4.69) is 0 Å². The molecule has 1 aromatic heterocycles. The Bertz CT molecular complexity index is 386. The van der Waals surface area contributed by atoms with Gasteiger partial charge in [-0.25, -0.2) is 4.79 Å². The number of aromatic nitrogens is 2. The van der Waals surface area contributed by atoms with Crippen molar-refractivity contribution >= 4 is 0 Å². The molecule has 0 saturated heterocycles. The number of rotatable bonds is 0. The Balaban J connectivity index is 3.74. The van der Waals surface area contributed by atoms with Gasteiger partial charge in [-0.05, 0) is 6.92 Å². The number of hydrogen-bond acceptors (Lipinski definition) is 2. The van der Waals surface area contributed by atoms with Gasteiger partial charge in [0, 0.05) is 25.9 Å². The van der Waals surface area contributed by atoms with Gasteiger partial charge in [-0.2, -0.15) is 0 Å². The molecule has 1 aromatic rings. The number of nitrogens with zero attached hydrogens (tertiary/aromatic N) is 2. The van der Waals surface area contributed by atoms with E-state index < -0.39 is 0 Å². The van der Waals surface area contributed by atoms with Gasteiger partial charge in [-0.3, -0.25) is 9.36 Å². The van der Waals surface area contributed by atoms with Gasteiger partial charge in [0.15, 0.2) is 0 Å². The second-order valence-electron chi connectivity index (χ2n) is 2.52. The first kappa shape index (κ1) is 7.78. The summed E-state index contributed by atoms with van der Waals surface area (Å²) < 4.78 is 2.51. The molecule has 0 N–H and O–H groups in total. The van der Waals surface area contributed by atoms with E-state index in [0.717, 1.165) is 4.57 Å². The van der Waals surface area contributed by atoms with Crippen molar-refractivity contribution in [1.82, 2.24) is 9.13 Å². The molecule has 0 unspecified atom stereocenters. The summed E-state index contributed by atoms with van der Waals surface area (Å²) in [6.45, 7) is 1.72. The van der Waals surface area contributed by atoms with Gasteiger partial charge in [0.25, 0.3) is 5.56 Å². The summed E-state index contributed by atoms with van der Waals surface area (Å²) in [4.78, 5) is 22.1. The summed E-state index contributed by atoms with van der Waals surface area (Å²) in [5, 5.41) is 0. The fraction of sp³-hybridized carbons (Fsp3) is 0.429. The molecule has 60 valence electrons. The maximum atomic E-state index is 11.1. The van der Waals surface area contributed by atoms with Crippen LogP contribution >= 0.6 is 0 Å². The first-order chi connectivity index (χ1) is 5.04. The third-order valence-electron chi connectivity index (χ3n) is 1.77. The summed E-state index contributed by atoms with van der Waals surface area (Å²) in [5.74, 6) is 0. The third kappa shape index (κ3) is 1.11. The molecule has 0 atom stereocenters. The van der Waals surface area contributed by atoms with Crippen molar-refractivity contribution in [2.24, 2.45) is 14.1 Å². The minimum absolute atomic E-state index is 0.259. The van der Waals surface area contributed by atoms with Crippen LogP contribution in [0.15, 0.2) is 15.7 Å². The van der Waals surface area contributed by atoms with Crippen LogP contribution in [0.5, 0.6) is 0 Å². The Morgan fingerprint density at radius 2 is 1.73 bits per heavy atom. The number of hydrogen-bond donors (Lipinski definition) is 0.